The van der Waals surface area contributed by atoms with Crippen LogP contribution in [0.3, 0.4) is 0 Å². The molecule has 9 rings (SSSR count). The zero-order valence-electron chi connectivity index (χ0n) is 24.5. The number of para-hydroxylation sites is 2. The lowest BCUT2D eigenvalue weighted by atomic mass is 9.34. The van der Waals surface area contributed by atoms with Crippen molar-refractivity contribution in [2.75, 3.05) is 0 Å². The lowest BCUT2D eigenvalue weighted by Gasteiger charge is -2.35. The molecule has 7 aromatic rings. The van der Waals surface area contributed by atoms with Crippen LogP contribution in [0, 0.1) is 0 Å². The summed E-state index contributed by atoms with van der Waals surface area (Å²) in [5, 5.41) is 0. The Balaban J connectivity index is 1.40. The Hall–Kier alpha value is -5.80. The maximum Gasteiger partial charge on any atom is 0.260 e. The third-order valence-electron chi connectivity index (χ3n) is 9.04. The lowest BCUT2D eigenvalue weighted by Crippen LogP contribution is -2.57. The largest absolute Gasteiger partial charge is 0.458 e. The third kappa shape index (κ3) is 4.12. The minimum absolute atomic E-state index is 0.0311. The van der Waals surface area contributed by atoms with Crippen LogP contribution in [0.1, 0.15) is 0 Å². The molecule has 7 aromatic carbocycles. The van der Waals surface area contributed by atoms with Gasteiger partial charge in [0.2, 0.25) is 0 Å². The van der Waals surface area contributed by atoms with E-state index < -0.39 is 0 Å². The highest BCUT2D eigenvalue weighted by atomic mass is 16.5. The van der Waals surface area contributed by atoms with Crippen LogP contribution in [0.25, 0.3) is 44.5 Å². The highest BCUT2D eigenvalue weighted by molar-refractivity contribution is 6.98. The van der Waals surface area contributed by atoms with Crippen molar-refractivity contribution in [3.8, 4) is 67.5 Å². The molecular formula is C42H27BO2. The Morgan fingerprint density at radius 3 is 1.18 bits per heavy atom. The number of ether oxygens (including phenoxy) is 2. The number of hydrogen-bond acceptors (Lipinski definition) is 2. The second-order valence-corrected chi connectivity index (χ2v) is 11.6. The third-order valence-corrected chi connectivity index (χ3v) is 9.04. The fourth-order valence-electron chi connectivity index (χ4n) is 7.05. The van der Waals surface area contributed by atoms with Crippen molar-refractivity contribution in [3.05, 3.63) is 164 Å². The Labute approximate surface area is 263 Å². The van der Waals surface area contributed by atoms with Crippen LogP contribution in [-0.4, -0.2) is 6.71 Å². The molecule has 0 saturated heterocycles. The van der Waals surface area contributed by atoms with E-state index in [1.165, 1.54) is 11.1 Å². The SMILES string of the molecule is c1ccc(-c2ccccc2-c2cc(-c3ccccc3-c3ccccc3)c3c4c2Oc2ccccc2B4c2ccccc2O3)cc1. The average molecular weight is 574 g/mol. The first-order chi connectivity index (χ1) is 22.3. The molecule has 210 valence electrons. The van der Waals surface area contributed by atoms with E-state index in [1.54, 1.807) is 0 Å². The molecule has 0 radical (unpaired) electrons. The summed E-state index contributed by atoms with van der Waals surface area (Å²) in [6, 6.07) is 57.6. The quantitative estimate of drug-likeness (QED) is 0.195. The second kappa shape index (κ2) is 10.4. The first-order valence-corrected chi connectivity index (χ1v) is 15.4. The molecule has 0 saturated carbocycles. The van der Waals surface area contributed by atoms with Crippen molar-refractivity contribution in [1.29, 1.82) is 0 Å². The molecule has 2 aliphatic rings. The van der Waals surface area contributed by atoms with E-state index >= 15 is 0 Å². The molecule has 0 spiro atoms. The van der Waals surface area contributed by atoms with Crippen molar-refractivity contribution in [2.45, 2.75) is 0 Å². The number of hydrogen-bond donors (Lipinski definition) is 0. The molecule has 2 nitrogen and oxygen atoms in total. The van der Waals surface area contributed by atoms with Gasteiger partial charge in [-0.3, -0.25) is 0 Å². The summed E-state index contributed by atoms with van der Waals surface area (Å²) in [4.78, 5) is 0. The normalized spacial score (nSPS) is 12.3. The molecule has 0 aliphatic carbocycles. The Morgan fingerprint density at radius 2 is 0.711 bits per heavy atom. The Morgan fingerprint density at radius 1 is 0.333 bits per heavy atom. The molecule has 0 atom stereocenters. The van der Waals surface area contributed by atoms with Crippen molar-refractivity contribution in [2.24, 2.45) is 0 Å². The van der Waals surface area contributed by atoms with Gasteiger partial charge in [0.25, 0.3) is 6.71 Å². The van der Waals surface area contributed by atoms with Gasteiger partial charge in [-0.25, -0.2) is 0 Å². The van der Waals surface area contributed by atoms with Gasteiger partial charge in [-0.15, -0.1) is 0 Å². The molecule has 0 aromatic heterocycles. The first kappa shape index (κ1) is 25.7. The summed E-state index contributed by atoms with van der Waals surface area (Å²) in [6.07, 6.45) is 0. The van der Waals surface area contributed by atoms with Crippen LogP contribution in [0.5, 0.6) is 23.0 Å². The fourth-order valence-corrected chi connectivity index (χ4v) is 7.05. The maximum absolute atomic E-state index is 6.94. The standard InChI is InChI=1S/C42H27BO2/c1-3-15-28(16-4-1)30-19-7-9-21-32(30)34-27-35(33-22-10-8-20-31(33)29-17-5-2-6-18-29)42-40-41(34)44-38-25-13-11-23-36(38)43(40)37-24-12-14-26-39(37)45-42/h1-27H. The zero-order valence-corrected chi connectivity index (χ0v) is 24.5. The van der Waals surface area contributed by atoms with Gasteiger partial charge in [-0.2, -0.15) is 0 Å². The minimum atomic E-state index is -0.0311. The Bertz CT molecular complexity index is 2070. The van der Waals surface area contributed by atoms with E-state index in [1.807, 2.05) is 0 Å². The summed E-state index contributed by atoms with van der Waals surface area (Å²) in [5.41, 5.74) is 12.4. The van der Waals surface area contributed by atoms with Crippen molar-refractivity contribution in [1.82, 2.24) is 0 Å². The second-order valence-electron chi connectivity index (χ2n) is 11.6. The minimum Gasteiger partial charge on any atom is -0.458 e. The smallest absolute Gasteiger partial charge is 0.260 e. The summed E-state index contributed by atoms with van der Waals surface area (Å²) >= 11 is 0. The van der Waals surface area contributed by atoms with Gasteiger partial charge in [0, 0.05) is 16.6 Å². The molecule has 0 amide bonds. The number of benzene rings is 7. The highest BCUT2D eigenvalue weighted by Gasteiger charge is 2.42. The van der Waals surface area contributed by atoms with E-state index in [0.717, 1.165) is 72.8 Å². The summed E-state index contributed by atoms with van der Waals surface area (Å²) < 4.78 is 13.9. The Kier molecular flexibility index (Phi) is 5.95. The molecule has 0 N–H and O–H groups in total. The number of fused-ring (bicyclic) bond motifs is 4. The van der Waals surface area contributed by atoms with Gasteiger partial charge in [0.15, 0.2) is 0 Å². The zero-order chi connectivity index (χ0) is 29.7. The summed E-state index contributed by atoms with van der Waals surface area (Å²) in [6.45, 7) is -0.0311. The van der Waals surface area contributed by atoms with Crippen molar-refractivity contribution in [3.63, 3.8) is 0 Å². The van der Waals surface area contributed by atoms with Gasteiger partial charge < -0.3 is 9.47 Å². The van der Waals surface area contributed by atoms with Gasteiger partial charge in [-0.1, -0.05) is 146 Å². The van der Waals surface area contributed by atoms with E-state index in [-0.39, 0.29) is 6.71 Å². The fraction of sp³-hybridized carbons (Fsp3) is 0. The lowest BCUT2D eigenvalue weighted by molar-refractivity contribution is 0.467. The van der Waals surface area contributed by atoms with E-state index in [0.29, 0.717) is 0 Å². The van der Waals surface area contributed by atoms with Gasteiger partial charge in [0.1, 0.15) is 23.0 Å². The predicted octanol–water partition coefficient (Wildman–Crippen LogP) is 9.08. The summed E-state index contributed by atoms with van der Waals surface area (Å²) in [5.74, 6) is 3.47. The maximum atomic E-state index is 6.94. The van der Waals surface area contributed by atoms with E-state index in [2.05, 4.69) is 164 Å². The van der Waals surface area contributed by atoms with Gasteiger partial charge in [-0.05, 0) is 62.5 Å². The van der Waals surface area contributed by atoms with Crippen molar-refractivity contribution >= 4 is 23.1 Å². The van der Waals surface area contributed by atoms with Gasteiger partial charge >= 0.3 is 0 Å². The molecule has 0 fully saturated rings. The van der Waals surface area contributed by atoms with Crippen molar-refractivity contribution < 1.29 is 9.47 Å². The molecular weight excluding hydrogens is 547 g/mol. The molecule has 0 bridgehead atoms. The van der Waals surface area contributed by atoms with Crippen LogP contribution in [0.15, 0.2) is 164 Å². The van der Waals surface area contributed by atoms with Gasteiger partial charge in [0.05, 0.1) is 0 Å². The van der Waals surface area contributed by atoms with Crippen LogP contribution in [-0.2, 0) is 0 Å². The van der Waals surface area contributed by atoms with Crippen LogP contribution >= 0.6 is 0 Å². The first-order valence-electron chi connectivity index (χ1n) is 15.4. The molecule has 0 unspecified atom stereocenters. The number of rotatable bonds is 4. The predicted molar refractivity (Wildman–Crippen MR) is 186 cm³/mol. The van der Waals surface area contributed by atoms with Crippen LogP contribution < -0.4 is 25.9 Å². The van der Waals surface area contributed by atoms with Crippen LogP contribution in [0.4, 0.5) is 0 Å². The monoisotopic (exact) mass is 574 g/mol. The topological polar surface area (TPSA) is 18.5 Å². The average Bonchev–Trinajstić information content (AvgIpc) is 3.12. The molecule has 2 aliphatic heterocycles. The van der Waals surface area contributed by atoms with E-state index in [9.17, 15) is 0 Å². The molecule has 45 heavy (non-hydrogen) atoms. The highest BCUT2D eigenvalue weighted by Crippen LogP contribution is 2.49. The molecule has 3 heteroatoms. The molecule has 2 heterocycles. The van der Waals surface area contributed by atoms with Crippen LogP contribution in [0.2, 0.25) is 0 Å². The summed E-state index contributed by atoms with van der Waals surface area (Å²) in [7, 11) is 0. The van der Waals surface area contributed by atoms with E-state index in [4.69, 9.17) is 9.47 Å².